The lowest BCUT2D eigenvalue weighted by Gasteiger charge is -2.20. The van der Waals surface area contributed by atoms with Gasteiger partial charge in [-0.1, -0.05) is 0 Å². The number of carbonyl (C=O) groups is 1. The number of amides is 1. The molecule has 0 radical (unpaired) electrons. The molecule has 2 N–H and O–H groups in total. The molecule has 1 aliphatic rings. The van der Waals surface area contributed by atoms with Gasteiger partial charge in [0.05, 0.1) is 24.0 Å². The highest BCUT2D eigenvalue weighted by molar-refractivity contribution is 7.15. The molecule has 0 spiro atoms. The van der Waals surface area contributed by atoms with Gasteiger partial charge < -0.3 is 10.6 Å². The van der Waals surface area contributed by atoms with Gasteiger partial charge >= 0.3 is 0 Å². The van der Waals surface area contributed by atoms with Crippen LogP contribution in [0.4, 0.5) is 5.95 Å². The molecule has 1 amide bonds. The lowest BCUT2D eigenvalue weighted by molar-refractivity contribution is 0.0698. The fourth-order valence-corrected chi connectivity index (χ4v) is 4.15. The Labute approximate surface area is 158 Å². The summed E-state index contributed by atoms with van der Waals surface area (Å²) in [5.74, 6) is 0.0693. The van der Waals surface area contributed by atoms with Crippen LogP contribution in [-0.2, 0) is 6.54 Å². The van der Waals surface area contributed by atoms with Gasteiger partial charge in [0, 0.05) is 41.3 Å². The second-order valence-electron chi connectivity index (χ2n) is 6.36. The van der Waals surface area contributed by atoms with E-state index in [2.05, 4.69) is 19.9 Å². The number of rotatable bonds is 2. The molecule has 0 fully saturated rings. The summed E-state index contributed by atoms with van der Waals surface area (Å²) in [5.41, 5.74) is 9.71. The Bertz CT molecular complexity index is 1140. The molecule has 1 atom stereocenters. The van der Waals surface area contributed by atoms with Crippen molar-refractivity contribution in [2.24, 2.45) is 0 Å². The Balaban J connectivity index is 1.55. The number of nitrogen functional groups attached to an aromatic ring is 1. The second kappa shape index (κ2) is 5.85. The number of aromatic nitrogens is 5. The fraction of sp³-hybridized carbons (Fsp3) is 0.167. The molecule has 0 aliphatic carbocycles. The monoisotopic (exact) mass is 377 g/mol. The van der Waals surface area contributed by atoms with Gasteiger partial charge in [-0.05, 0) is 19.1 Å². The average molecular weight is 377 g/mol. The number of anilines is 1. The Morgan fingerprint density at radius 1 is 1.26 bits per heavy atom. The van der Waals surface area contributed by atoms with Crippen molar-refractivity contribution in [1.82, 2.24) is 29.2 Å². The van der Waals surface area contributed by atoms with E-state index in [1.54, 1.807) is 23.5 Å². The topological polar surface area (TPSA) is 102 Å². The van der Waals surface area contributed by atoms with Crippen molar-refractivity contribution in [2.75, 3.05) is 5.73 Å². The van der Waals surface area contributed by atoms with Crippen molar-refractivity contribution in [1.29, 1.82) is 0 Å². The SMILES string of the molecule is CC1c2nc(N)nc(-c3ccncc3)c2CN1C(=O)c1cn2ccsc2n1. The number of thiazole rings is 1. The highest BCUT2D eigenvalue weighted by atomic mass is 32.1. The van der Waals surface area contributed by atoms with Crippen LogP contribution in [0.25, 0.3) is 16.2 Å². The van der Waals surface area contributed by atoms with Gasteiger partial charge in [-0.2, -0.15) is 0 Å². The van der Waals surface area contributed by atoms with Crippen LogP contribution in [0.5, 0.6) is 0 Å². The maximum Gasteiger partial charge on any atom is 0.274 e. The predicted molar refractivity (Wildman–Crippen MR) is 101 cm³/mol. The van der Waals surface area contributed by atoms with Crippen molar-refractivity contribution in [3.8, 4) is 11.3 Å². The first-order valence-electron chi connectivity index (χ1n) is 8.41. The number of nitrogens with two attached hydrogens (primary N) is 1. The fourth-order valence-electron chi connectivity index (χ4n) is 3.45. The standard InChI is InChI=1S/C18H15N7OS/c1-10-14-12(15(23-17(19)22-14)11-2-4-20-5-3-11)8-25(10)16(26)13-9-24-6-7-27-18(24)21-13/h2-7,9-10H,8H2,1H3,(H2,19,22,23). The molecule has 4 aromatic rings. The molecule has 0 saturated carbocycles. The molecule has 0 aromatic carbocycles. The molecule has 9 heteroatoms. The summed E-state index contributed by atoms with van der Waals surface area (Å²) >= 11 is 1.49. The minimum absolute atomic E-state index is 0.129. The van der Waals surface area contributed by atoms with E-state index < -0.39 is 0 Å². The first kappa shape index (κ1) is 15.9. The minimum atomic E-state index is -0.210. The number of nitrogens with zero attached hydrogens (tertiary/aromatic N) is 6. The zero-order valence-corrected chi connectivity index (χ0v) is 15.2. The Hall–Kier alpha value is -3.33. The highest BCUT2D eigenvalue weighted by Crippen LogP contribution is 2.38. The third kappa shape index (κ3) is 2.47. The van der Waals surface area contributed by atoms with Crippen molar-refractivity contribution >= 4 is 28.2 Å². The Morgan fingerprint density at radius 2 is 2.07 bits per heavy atom. The van der Waals surface area contributed by atoms with E-state index in [1.165, 1.54) is 11.3 Å². The number of pyridine rings is 1. The predicted octanol–water partition coefficient (Wildman–Crippen LogP) is 2.55. The maximum atomic E-state index is 13.1. The number of hydrogen-bond donors (Lipinski definition) is 1. The molecule has 27 heavy (non-hydrogen) atoms. The summed E-state index contributed by atoms with van der Waals surface area (Å²) in [5, 5.41) is 1.93. The Kier molecular flexibility index (Phi) is 3.44. The molecule has 0 saturated heterocycles. The maximum absolute atomic E-state index is 13.1. The van der Waals surface area contributed by atoms with Crippen LogP contribution in [-0.4, -0.2) is 35.1 Å². The summed E-state index contributed by atoms with van der Waals surface area (Å²) in [6.07, 6.45) is 7.06. The smallest absolute Gasteiger partial charge is 0.274 e. The van der Waals surface area contributed by atoms with Gasteiger partial charge in [0.2, 0.25) is 5.95 Å². The number of fused-ring (bicyclic) bond motifs is 2. The first-order chi connectivity index (χ1) is 13.1. The van der Waals surface area contributed by atoms with Crippen molar-refractivity contribution in [2.45, 2.75) is 19.5 Å². The van der Waals surface area contributed by atoms with Gasteiger partial charge in [0.15, 0.2) is 4.96 Å². The van der Waals surface area contributed by atoms with E-state index in [4.69, 9.17) is 5.73 Å². The summed E-state index contributed by atoms with van der Waals surface area (Å²) in [6, 6.07) is 3.54. The number of carbonyl (C=O) groups excluding carboxylic acids is 1. The third-order valence-corrected chi connectivity index (χ3v) is 5.55. The van der Waals surface area contributed by atoms with Crippen LogP contribution < -0.4 is 5.73 Å². The van der Waals surface area contributed by atoms with Crippen LogP contribution in [0.15, 0.2) is 42.3 Å². The van der Waals surface area contributed by atoms with Crippen LogP contribution in [0.1, 0.15) is 34.7 Å². The van der Waals surface area contributed by atoms with Crippen molar-refractivity contribution < 1.29 is 4.79 Å². The molecular weight excluding hydrogens is 362 g/mol. The van der Waals surface area contributed by atoms with Gasteiger partial charge in [0.25, 0.3) is 5.91 Å². The van der Waals surface area contributed by atoms with Crippen molar-refractivity contribution in [3.63, 3.8) is 0 Å². The molecule has 4 aromatic heterocycles. The number of imidazole rings is 1. The third-order valence-electron chi connectivity index (χ3n) is 4.78. The minimum Gasteiger partial charge on any atom is -0.368 e. The van der Waals surface area contributed by atoms with Crippen LogP contribution in [0.3, 0.4) is 0 Å². The van der Waals surface area contributed by atoms with Crippen LogP contribution >= 0.6 is 11.3 Å². The summed E-state index contributed by atoms with van der Waals surface area (Å²) in [4.78, 5) is 33.0. The molecular formula is C18H15N7OS. The van der Waals surface area contributed by atoms with E-state index in [1.807, 2.05) is 35.0 Å². The van der Waals surface area contributed by atoms with Gasteiger partial charge in [-0.15, -0.1) is 11.3 Å². The lowest BCUT2D eigenvalue weighted by Crippen LogP contribution is -2.28. The zero-order chi connectivity index (χ0) is 18.5. The Morgan fingerprint density at radius 3 is 2.85 bits per heavy atom. The van der Waals surface area contributed by atoms with E-state index in [-0.39, 0.29) is 17.9 Å². The van der Waals surface area contributed by atoms with E-state index >= 15 is 0 Å². The van der Waals surface area contributed by atoms with Gasteiger partial charge in [0.1, 0.15) is 5.69 Å². The number of hydrogen-bond acceptors (Lipinski definition) is 7. The lowest BCUT2D eigenvalue weighted by atomic mass is 10.1. The molecule has 1 aliphatic heterocycles. The molecule has 5 heterocycles. The second-order valence-corrected chi connectivity index (χ2v) is 7.23. The van der Waals surface area contributed by atoms with E-state index in [0.717, 1.165) is 27.5 Å². The normalized spacial score (nSPS) is 16.0. The van der Waals surface area contributed by atoms with Gasteiger partial charge in [-0.3, -0.25) is 14.2 Å². The molecule has 5 rings (SSSR count). The van der Waals surface area contributed by atoms with Crippen molar-refractivity contribution in [3.05, 3.63) is 59.3 Å². The van der Waals surface area contributed by atoms with Gasteiger partial charge in [-0.25, -0.2) is 15.0 Å². The largest absolute Gasteiger partial charge is 0.368 e. The average Bonchev–Trinajstić information content (AvgIpc) is 3.36. The van der Waals surface area contributed by atoms with E-state index in [0.29, 0.717) is 12.2 Å². The highest BCUT2D eigenvalue weighted by Gasteiger charge is 2.36. The summed E-state index contributed by atoms with van der Waals surface area (Å²) in [6.45, 7) is 2.36. The molecule has 0 bridgehead atoms. The molecule has 1 unspecified atom stereocenters. The van der Waals surface area contributed by atoms with E-state index in [9.17, 15) is 4.79 Å². The van der Waals surface area contributed by atoms with Crippen LogP contribution in [0, 0.1) is 0 Å². The molecule has 134 valence electrons. The summed E-state index contributed by atoms with van der Waals surface area (Å²) in [7, 11) is 0. The quantitative estimate of drug-likeness (QED) is 0.576. The first-order valence-corrected chi connectivity index (χ1v) is 9.29. The zero-order valence-electron chi connectivity index (χ0n) is 14.4. The molecule has 8 nitrogen and oxygen atoms in total. The summed E-state index contributed by atoms with van der Waals surface area (Å²) < 4.78 is 1.85. The van der Waals surface area contributed by atoms with Crippen LogP contribution in [0.2, 0.25) is 0 Å².